The molecule has 0 radical (unpaired) electrons. The summed E-state index contributed by atoms with van der Waals surface area (Å²) in [6, 6.07) is 11.1. The van der Waals surface area contributed by atoms with E-state index < -0.39 is 0 Å². The number of amides is 1. The van der Waals surface area contributed by atoms with Gasteiger partial charge in [-0.25, -0.2) is 4.98 Å². The third-order valence-electron chi connectivity index (χ3n) is 3.83. The molecule has 5 nitrogen and oxygen atoms in total. The average Bonchev–Trinajstić information content (AvgIpc) is 3.05. The Morgan fingerprint density at radius 1 is 1.35 bits per heavy atom. The molecule has 132 valence electrons. The van der Waals surface area contributed by atoms with E-state index in [0.717, 1.165) is 17.3 Å². The van der Waals surface area contributed by atoms with Gasteiger partial charge in [-0.1, -0.05) is 31.5 Å². The van der Waals surface area contributed by atoms with Crippen molar-refractivity contribution in [2.75, 3.05) is 11.1 Å². The summed E-state index contributed by atoms with van der Waals surface area (Å²) in [6.07, 6.45) is 0. The molecule has 0 atom stereocenters. The number of halogens is 1. The summed E-state index contributed by atoms with van der Waals surface area (Å²) in [5.41, 5.74) is 3.85. The summed E-state index contributed by atoms with van der Waals surface area (Å²) in [6.45, 7) is 4.25. The minimum absolute atomic E-state index is 0.0396. The number of nitriles is 1. The summed E-state index contributed by atoms with van der Waals surface area (Å²) in [5.74, 6) is 0.607. The lowest BCUT2D eigenvalue weighted by Crippen LogP contribution is -2.14. The second-order valence-electron chi connectivity index (χ2n) is 6.02. The van der Waals surface area contributed by atoms with Gasteiger partial charge in [0.2, 0.25) is 11.8 Å². The molecule has 0 bridgehead atoms. The first-order valence-corrected chi connectivity index (χ1v) is 9.35. The Morgan fingerprint density at radius 2 is 2.15 bits per heavy atom. The number of hydrogen-bond acceptors (Lipinski definition) is 5. The quantitative estimate of drug-likeness (QED) is 0.593. The van der Waals surface area contributed by atoms with Crippen LogP contribution < -0.4 is 5.32 Å². The molecule has 1 amide bonds. The van der Waals surface area contributed by atoms with Crippen LogP contribution in [0.5, 0.6) is 0 Å². The maximum atomic E-state index is 11.8. The number of aromatic nitrogens is 1. The van der Waals surface area contributed by atoms with E-state index in [1.807, 2.05) is 23.6 Å². The van der Waals surface area contributed by atoms with Crippen LogP contribution in [-0.2, 0) is 4.79 Å². The maximum absolute atomic E-state index is 11.8. The van der Waals surface area contributed by atoms with E-state index in [2.05, 4.69) is 24.1 Å². The third-order valence-corrected chi connectivity index (χ3v) is 4.70. The Hall–Kier alpha value is -2.49. The van der Waals surface area contributed by atoms with Gasteiger partial charge in [0.15, 0.2) is 5.58 Å². The number of carbonyl (C=O) groups excluding carboxylic acids is 1. The van der Waals surface area contributed by atoms with E-state index in [1.165, 1.54) is 5.56 Å². The number of fused-ring (bicyclic) bond motifs is 1. The van der Waals surface area contributed by atoms with Gasteiger partial charge in [0.05, 0.1) is 16.5 Å². The number of anilines is 1. The highest BCUT2D eigenvalue weighted by molar-refractivity contribution is 8.04. The Balaban J connectivity index is 1.92. The molecule has 0 aliphatic carbocycles. The van der Waals surface area contributed by atoms with Crippen LogP contribution in [0.1, 0.15) is 25.3 Å². The van der Waals surface area contributed by atoms with Crippen molar-refractivity contribution in [2.24, 2.45) is 0 Å². The molecule has 2 aromatic carbocycles. The van der Waals surface area contributed by atoms with Crippen molar-refractivity contribution in [3.8, 4) is 16.9 Å². The van der Waals surface area contributed by atoms with E-state index in [4.69, 9.17) is 21.3 Å². The van der Waals surface area contributed by atoms with Crippen LogP contribution >= 0.6 is 23.4 Å². The summed E-state index contributed by atoms with van der Waals surface area (Å²) in [4.78, 5) is 16.4. The number of nitrogens with zero attached hydrogens (tertiary/aromatic N) is 2. The monoisotopic (exact) mass is 385 g/mol. The predicted molar refractivity (Wildman–Crippen MR) is 105 cm³/mol. The van der Waals surface area contributed by atoms with Gasteiger partial charge < -0.3 is 9.73 Å². The zero-order chi connectivity index (χ0) is 18.7. The first-order chi connectivity index (χ1) is 12.5. The van der Waals surface area contributed by atoms with E-state index >= 15 is 0 Å². The van der Waals surface area contributed by atoms with E-state index in [0.29, 0.717) is 33.7 Å². The van der Waals surface area contributed by atoms with Crippen molar-refractivity contribution in [3.05, 3.63) is 47.0 Å². The second kappa shape index (κ2) is 7.81. The van der Waals surface area contributed by atoms with Crippen LogP contribution in [0.15, 0.2) is 40.8 Å². The summed E-state index contributed by atoms with van der Waals surface area (Å²) < 4.78 is 5.84. The zero-order valence-corrected chi connectivity index (χ0v) is 15.8. The fraction of sp³-hybridized carbons (Fsp3) is 0.211. The van der Waals surface area contributed by atoms with Gasteiger partial charge >= 0.3 is 0 Å². The van der Waals surface area contributed by atoms with Gasteiger partial charge in [-0.15, -0.1) is 0 Å². The van der Waals surface area contributed by atoms with Crippen molar-refractivity contribution >= 4 is 46.1 Å². The fourth-order valence-corrected chi connectivity index (χ4v) is 2.90. The number of nitrogens with one attached hydrogen (secondary N) is 1. The van der Waals surface area contributed by atoms with Gasteiger partial charge in [0.1, 0.15) is 10.9 Å². The minimum Gasteiger partial charge on any atom is -0.436 e. The number of thioether (sulfide) groups is 1. The molecule has 0 aliphatic heterocycles. The van der Waals surface area contributed by atoms with Gasteiger partial charge in [0, 0.05) is 5.56 Å². The first kappa shape index (κ1) is 18.3. The molecule has 1 heterocycles. The van der Waals surface area contributed by atoms with Crippen molar-refractivity contribution in [1.29, 1.82) is 5.26 Å². The molecule has 0 saturated carbocycles. The third kappa shape index (κ3) is 4.01. The van der Waals surface area contributed by atoms with Crippen molar-refractivity contribution < 1.29 is 9.21 Å². The van der Waals surface area contributed by atoms with Crippen LogP contribution in [0.4, 0.5) is 5.69 Å². The topological polar surface area (TPSA) is 78.9 Å². The Kier molecular flexibility index (Phi) is 5.50. The zero-order valence-electron chi connectivity index (χ0n) is 14.2. The molecular weight excluding hydrogens is 370 g/mol. The lowest BCUT2D eigenvalue weighted by molar-refractivity contribution is -0.113. The number of benzene rings is 2. The fourth-order valence-electron chi connectivity index (χ4n) is 2.47. The summed E-state index contributed by atoms with van der Waals surface area (Å²) >= 11 is 7.03. The number of hydrogen-bond donors (Lipinski definition) is 1. The Labute approximate surface area is 160 Å². The molecule has 3 rings (SSSR count). The Morgan fingerprint density at radius 3 is 2.88 bits per heavy atom. The lowest BCUT2D eigenvalue weighted by Gasteiger charge is -2.07. The SMILES string of the molecule is CC(C)c1ccc2oc(-c3ccc(Cl)c(NC(=O)CSC#N)c3)nc2c1. The largest absolute Gasteiger partial charge is 0.436 e. The summed E-state index contributed by atoms with van der Waals surface area (Å²) in [7, 11) is 0. The number of rotatable bonds is 5. The van der Waals surface area contributed by atoms with E-state index in [9.17, 15) is 4.79 Å². The lowest BCUT2D eigenvalue weighted by atomic mass is 10.0. The van der Waals surface area contributed by atoms with Crippen molar-refractivity contribution in [1.82, 2.24) is 4.98 Å². The molecule has 0 saturated heterocycles. The van der Waals surface area contributed by atoms with Crippen LogP contribution in [0, 0.1) is 10.7 Å². The number of carbonyl (C=O) groups is 1. The standard InChI is InChI=1S/C19H16ClN3O2S/c1-11(2)12-4-6-17-16(7-12)23-19(25-17)13-3-5-14(20)15(8-13)22-18(24)9-26-10-21/h3-8,11H,9H2,1-2H3,(H,22,24). The molecular formula is C19H16ClN3O2S. The van der Waals surface area contributed by atoms with Gasteiger partial charge in [0.25, 0.3) is 0 Å². The molecule has 1 N–H and O–H groups in total. The molecule has 0 fully saturated rings. The van der Waals surface area contributed by atoms with Gasteiger partial charge in [-0.05, 0) is 53.6 Å². The normalized spacial score (nSPS) is 10.9. The summed E-state index contributed by atoms with van der Waals surface area (Å²) in [5, 5.41) is 13.5. The van der Waals surface area contributed by atoms with Crippen LogP contribution in [0.3, 0.4) is 0 Å². The predicted octanol–water partition coefficient (Wildman–Crippen LogP) is 5.42. The van der Waals surface area contributed by atoms with Crippen LogP contribution in [-0.4, -0.2) is 16.6 Å². The smallest absolute Gasteiger partial charge is 0.235 e. The molecule has 26 heavy (non-hydrogen) atoms. The van der Waals surface area contributed by atoms with Crippen LogP contribution in [0.25, 0.3) is 22.6 Å². The minimum atomic E-state index is -0.297. The second-order valence-corrected chi connectivity index (χ2v) is 7.19. The molecule has 0 aliphatic rings. The van der Waals surface area contributed by atoms with E-state index in [1.54, 1.807) is 18.2 Å². The molecule has 1 aromatic heterocycles. The molecule has 3 aromatic rings. The average molecular weight is 386 g/mol. The van der Waals surface area contributed by atoms with E-state index in [-0.39, 0.29) is 11.7 Å². The molecule has 0 unspecified atom stereocenters. The highest BCUT2D eigenvalue weighted by Crippen LogP contribution is 2.31. The van der Waals surface area contributed by atoms with Crippen LogP contribution in [0.2, 0.25) is 5.02 Å². The first-order valence-electron chi connectivity index (χ1n) is 7.99. The van der Waals surface area contributed by atoms with Gasteiger partial charge in [-0.3, -0.25) is 4.79 Å². The maximum Gasteiger partial charge on any atom is 0.235 e. The Bertz CT molecular complexity index is 1010. The highest BCUT2D eigenvalue weighted by Gasteiger charge is 2.13. The number of thiocyanates is 1. The molecule has 7 heteroatoms. The number of oxazole rings is 1. The highest BCUT2D eigenvalue weighted by atomic mass is 35.5. The van der Waals surface area contributed by atoms with Crippen molar-refractivity contribution in [3.63, 3.8) is 0 Å². The van der Waals surface area contributed by atoms with Gasteiger partial charge in [-0.2, -0.15) is 5.26 Å². The van der Waals surface area contributed by atoms with Crippen molar-refractivity contribution in [2.45, 2.75) is 19.8 Å². The molecule has 0 spiro atoms.